The summed E-state index contributed by atoms with van der Waals surface area (Å²) in [7, 11) is 0. The minimum absolute atomic E-state index is 0.000374. The lowest BCUT2D eigenvalue weighted by Crippen LogP contribution is -2.33. The van der Waals surface area contributed by atoms with Crippen LogP contribution in [0, 0.1) is 13.8 Å². The lowest BCUT2D eigenvalue weighted by Gasteiger charge is -2.26. The van der Waals surface area contributed by atoms with Crippen molar-refractivity contribution >= 4 is 16.9 Å². The van der Waals surface area contributed by atoms with Crippen LogP contribution in [0.25, 0.3) is 11.0 Å². The minimum Gasteiger partial charge on any atom is -0.493 e. The van der Waals surface area contributed by atoms with Gasteiger partial charge in [-0.1, -0.05) is 30.3 Å². The number of amides is 1. The largest absolute Gasteiger partial charge is 0.493 e. The van der Waals surface area contributed by atoms with E-state index >= 15 is 0 Å². The van der Waals surface area contributed by atoms with Crippen molar-refractivity contribution in [1.29, 1.82) is 0 Å². The second kappa shape index (κ2) is 6.28. The van der Waals surface area contributed by atoms with E-state index in [4.69, 9.17) is 9.15 Å². The number of carbonyl (C=O) groups excluding carboxylic acids is 1. The topological polar surface area (TPSA) is 51.5 Å². The third-order valence-corrected chi connectivity index (χ3v) is 4.99. The first-order valence-electron chi connectivity index (χ1n) is 8.61. The van der Waals surface area contributed by atoms with Crippen molar-refractivity contribution in [3.8, 4) is 5.75 Å². The van der Waals surface area contributed by atoms with Gasteiger partial charge in [-0.15, -0.1) is 0 Å². The highest BCUT2D eigenvalue weighted by molar-refractivity contribution is 5.89. The van der Waals surface area contributed by atoms with Crippen molar-refractivity contribution in [1.82, 2.24) is 5.32 Å². The van der Waals surface area contributed by atoms with E-state index in [-0.39, 0.29) is 11.9 Å². The molecule has 0 saturated heterocycles. The van der Waals surface area contributed by atoms with Crippen LogP contribution < -0.4 is 10.1 Å². The van der Waals surface area contributed by atoms with Gasteiger partial charge in [0.1, 0.15) is 11.3 Å². The van der Waals surface area contributed by atoms with Gasteiger partial charge in [-0.05, 0) is 31.0 Å². The fourth-order valence-electron chi connectivity index (χ4n) is 3.44. The van der Waals surface area contributed by atoms with E-state index in [0.717, 1.165) is 39.8 Å². The zero-order chi connectivity index (χ0) is 17.4. The van der Waals surface area contributed by atoms with Crippen molar-refractivity contribution in [2.45, 2.75) is 32.7 Å². The molecule has 4 heteroatoms. The molecule has 0 saturated carbocycles. The molecule has 1 N–H and O–H groups in total. The summed E-state index contributed by atoms with van der Waals surface area (Å²) < 4.78 is 11.4. The standard InChI is InChI=1S/C21H21NO3/c1-13-7-8-16-15(12-25-21(16)14(13)2)11-20(23)22-18-9-10-24-19-6-4-3-5-17(18)19/h3-8,12,18H,9-11H2,1-2H3,(H,22,23). The summed E-state index contributed by atoms with van der Waals surface area (Å²) in [6.45, 7) is 4.73. The van der Waals surface area contributed by atoms with Gasteiger partial charge in [0, 0.05) is 22.9 Å². The summed E-state index contributed by atoms with van der Waals surface area (Å²) in [6, 6.07) is 12.0. The van der Waals surface area contributed by atoms with Crippen molar-refractivity contribution in [2.75, 3.05) is 6.61 Å². The van der Waals surface area contributed by atoms with E-state index in [1.165, 1.54) is 5.56 Å². The van der Waals surface area contributed by atoms with E-state index in [2.05, 4.69) is 18.3 Å². The molecule has 128 valence electrons. The van der Waals surface area contributed by atoms with Crippen LogP contribution in [0.4, 0.5) is 0 Å². The lowest BCUT2D eigenvalue weighted by atomic mass is 10.00. The molecule has 2 heterocycles. The maximum atomic E-state index is 12.6. The quantitative estimate of drug-likeness (QED) is 0.779. The monoisotopic (exact) mass is 335 g/mol. The number of aryl methyl sites for hydroxylation is 2. The predicted molar refractivity (Wildman–Crippen MR) is 96.8 cm³/mol. The number of benzene rings is 2. The Morgan fingerprint density at radius 1 is 1.20 bits per heavy atom. The molecular weight excluding hydrogens is 314 g/mol. The number of hydrogen-bond donors (Lipinski definition) is 1. The zero-order valence-electron chi connectivity index (χ0n) is 14.5. The van der Waals surface area contributed by atoms with Gasteiger partial charge < -0.3 is 14.5 Å². The Morgan fingerprint density at radius 3 is 2.92 bits per heavy atom. The molecule has 1 aliphatic rings. The molecule has 1 aromatic heterocycles. The summed E-state index contributed by atoms with van der Waals surface area (Å²) in [5.74, 6) is 0.863. The highest BCUT2D eigenvalue weighted by Crippen LogP contribution is 2.32. The first kappa shape index (κ1) is 15.8. The van der Waals surface area contributed by atoms with Gasteiger partial charge in [0.2, 0.25) is 5.91 Å². The van der Waals surface area contributed by atoms with Crippen LogP contribution in [0.2, 0.25) is 0 Å². The molecule has 0 spiro atoms. The molecule has 0 radical (unpaired) electrons. The van der Waals surface area contributed by atoms with Gasteiger partial charge in [0.15, 0.2) is 0 Å². The van der Waals surface area contributed by atoms with Crippen LogP contribution >= 0.6 is 0 Å². The maximum absolute atomic E-state index is 12.6. The third-order valence-electron chi connectivity index (χ3n) is 4.99. The van der Waals surface area contributed by atoms with E-state index in [1.54, 1.807) is 6.26 Å². The average molecular weight is 335 g/mol. The van der Waals surface area contributed by atoms with Gasteiger partial charge in [-0.3, -0.25) is 4.79 Å². The second-order valence-corrected chi connectivity index (χ2v) is 6.62. The van der Waals surface area contributed by atoms with Crippen LogP contribution in [-0.2, 0) is 11.2 Å². The van der Waals surface area contributed by atoms with Gasteiger partial charge in [-0.25, -0.2) is 0 Å². The van der Waals surface area contributed by atoms with Crippen LogP contribution in [0.3, 0.4) is 0 Å². The highest BCUT2D eigenvalue weighted by Gasteiger charge is 2.23. The van der Waals surface area contributed by atoms with Crippen LogP contribution in [0.1, 0.15) is 34.7 Å². The summed E-state index contributed by atoms with van der Waals surface area (Å²) in [5, 5.41) is 4.16. The van der Waals surface area contributed by atoms with Gasteiger partial charge >= 0.3 is 0 Å². The number of hydrogen-bond acceptors (Lipinski definition) is 3. The number of carbonyl (C=O) groups is 1. The number of rotatable bonds is 3. The molecule has 4 rings (SSSR count). The first-order valence-corrected chi connectivity index (χ1v) is 8.61. The Morgan fingerprint density at radius 2 is 2.04 bits per heavy atom. The third kappa shape index (κ3) is 2.88. The molecule has 0 aliphatic carbocycles. The van der Waals surface area contributed by atoms with E-state index in [1.807, 2.05) is 37.3 Å². The fourth-order valence-corrected chi connectivity index (χ4v) is 3.44. The SMILES string of the molecule is Cc1ccc2c(CC(=O)NC3CCOc4ccccc43)coc2c1C. The second-order valence-electron chi connectivity index (χ2n) is 6.62. The Kier molecular flexibility index (Phi) is 3.96. The Bertz CT molecular complexity index is 941. The Balaban J connectivity index is 1.53. The Hall–Kier alpha value is -2.75. The smallest absolute Gasteiger partial charge is 0.225 e. The van der Waals surface area contributed by atoms with Crippen LogP contribution in [0.5, 0.6) is 5.75 Å². The van der Waals surface area contributed by atoms with Crippen molar-refractivity contribution in [2.24, 2.45) is 0 Å². The average Bonchev–Trinajstić information content (AvgIpc) is 3.02. The molecule has 1 amide bonds. The molecule has 25 heavy (non-hydrogen) atoms. The van der Waals surface area contributed by atoms with Crippen LogP contribution in [0.15, 0.2) is 47.1 Å². The number of para-hydroxylation sites is 1. The highest BCUT2D eigenvalue weighted by atomic mass is 16.5. The molecule has 3 aromatic rings. The van der Waals surface area contributed by atoms with Crippen LogP contribution in [-0.4, -0.2) is 12.5 Å². The molecule has 0 fully saturated rings. The number of furan rings is 1. The van der Waals surface area contributed by atoms with Crippen molar-refractivity contribution in [3.63, 3.8) is 0 Å². The number of nitrogens with one attached hydrogen (secondary N) is 1. The molecular formula is C21H21NO3. The molecule has 1 aliphatic heterocycles. The first-order chi connectivity index (χ1) is 12.1. The summed E-state index contributed by atoms with van der Waals surface area (Å²) in [4.78, 5) is 12.6. The van der Waals surface area contributed by atoms with Gasteiger partial charge in [0.25, 0.3) is 0 Å². The van der Waals surface area contributed by atoms with E-state index < -0.39 is 0 Å². The summed E-state index contributed by atoms with van der Waals surface area (Å²) in [5.41, 5.74) is 5.17. The zero-order valence-corrected chi connectivity index (χ0v) is 14.5. The fraction of sp³-hybridized carbons (Fsp3) is 0.286. The normalized spacial score (nSPS) is 16.3. The van der Waals surface area contributed by atoms with E-state index in [0.29, 0.717) is 13.0 Å². The Labute approximate surface area is 146 Å². The number of fused-ring (bicyclic) bond motifs is 2. The molecule has 2 aromatic carbocycles. The van der Waals surface area contributed by atoms with Gasteiger partial charge in [-0.2, -0.15) is 0 Å². The van der Waals surface area contributed by atoms with Crippen molar-refractivity contribution in [3.05, 3.63) is 64.9 Å². The minimum atomic E-state index is -0.000374. The molecule has 4 nitrogen and oxygen atoms in total. The summed E-state index contributed by atoms with van der Waals surface area (Å²) in [6.07, 6.45) is 2.80. The molecule has 1 atom stereocenters. The molecule has 0 bridgehead atoms. The lowest BCUT2D eigenvalue weighted by molar-refractivity contribution is -0.121. The maximum Gasteiger partial charge on any atom is 0.225 e. The predicted octanol–water partition coefficient (Wildman–Crippen LogP) is 4.23. The summed E-state index contributed by atoms with van der Waals surface area (Å²) >= 11 is 0. The molecule has 1 unspecified atom stereocenters. The van der Waals surface area contributed by atoms with Gasteiger partial charge in [0.05, 0.1) is 25.3 Å². The van der Waals surface area contributed by atoms with Crippen molar-refractivity contribution < 1.29 is 13.9 Å². The number of ether oxygens (including phenoxy) is 1. The van der Waals surface area contributed by atoms with E-state index in [9.17, 15) is 4.79 Å².